The van der Waals surface area contributed by atoms with Crippen LogP contribution in [0.3, 0.4) is 0 Å². The third-order valence-electron chi connectivity index (χ3n) is 3.68. The SMILES string of the molecule is Cc1c(C#N)c2n(c1-c1ccccn1)CCCC2. The summed E-state index contributed by atoms with van der Waals surface area (Å²) in [4.78, 5) is 4.44. The Morgan fingerprint density at radius 1 is 1.33 bits per heavy atom. The zero-order valence-electron chi connectivity index (χ0n) is 10.5. The van der Waals surface area contributed by atoms with Crippen LogP contribution in [0.1, 0.15) is 29.7 Å². The molecule has 1 aliphatic rings. The molecule has 0 atom stereocenters. The van der Waals surface area contributed by atoms with Crippen molar-refractivity contribution in [2.45, 2.75) is 32.7 Å². The van der Waals surface area contributed by atoms with E-state index in [1.165, 1.54) is 18.5 Å². The van der Waals surface area contributed by atoms with Crippen LogP contribution in [0.5, 0.6) is 0 Å². The van der Waals surface area contributed by atoms with E-state index in [1.54, 1.807) is 0 Å². The summed E-state index contributed by atoms with van der Waals surface area (Å²) in [6.45, 7) is 3.04. The maximum absolute atomic E-state index is 9.35. The number of rotatable bonds is 1. The van der Waals surface area contributed by atoms with Gasteiger partial charge < -0.3 is 4.57 Å². The van der Waals surface area contributed by atoms with Gasteiger partial charge in [0.25, 0.3) is 0 Å². The summed E-state index contributed by atoms with van der Waals surface area (Å²) in [6, 6.07) is 8.30. The third-order valence-corrected chi connectivity index (χ3v) is 3.68. The Labute approximate surface area is 107 Å². The predicted octanol–water partition coefficient (Wildman–Crippen LogP) is 3.07. The molecular weight excluding hydrogens is 222 g/mol. The van der Waals surface area contributed by atoms with Crippen LogP contribution in [0.15, 0.2) is 24.4 Å². The van der Waals surface area contributed by atoms with Gasteiger partial charge >= 0.3 is 0 Å². The molecule has 0 fully saturated rings. The highest BCUT2D eigenvalue weighted by Gasteiger charge is 2.23. The Hall–Kier alpha value is -2.08. The summed E-state index contributed by atoms with van der Waals surface area (Å²) in [5, 5.41) is 9.35. The van der Waals surface area contributed by atoms with Crippen molar-refractivity contribution in [2.75, 3.05) is 0 Å². The highest BCUT2D eigenvalue weighted by molar-refractivity contribution is 5.66. The van der Waals surface area contributed by atoms with Crippen LogP contribution >= 0.6 is 0 Å². The Morgan fingerprint density at radius 2 is 2.22 bits per heavy atom. The maximum Gasteiger partial charge on any atom is 0.101 e. The highest BCUT2D eigenvalue weighted by Crippen LogP contribution is 2.33. The maximum atomic E-state index is 9.35. The van der Waals surface area contributed by atoms with Crippen molar-refractivity contribution in [3.8, 4) is 17.5 Å². The fraction of sp³-hybridized carbons (Fsp3) is 0.333. The summed E-state index contributed by atoms with van der Waals surface area (Å²) in [6.07, 6.45) is 5.19. The fourth-order valence-corrected chi connectivity index (χ4v) is 2.86. The summed E-state index contributed by atoms with van der Waals surface area (Å²) in [5.74, 6) is 0. The Bertz CT molecular complexity index is 617. The van der Waals surface area contributed by atoms with Gasteiger partial charge in [0.2, 0.25) is 0 Å². The molecule has 90 valence electrons. The monoisotopic (exact) mass is 237 g/mol. The van der Waals surface area contributed by atoms with Crippen LogP contribution in [0.4, 0.5) is 0 Å². The molecular formula is C15H15N3. The van der Waals surface area contributed by atoms with Crippen molar-refractivity contribution >= 4 is 0 Å². The van der Waals surface area contributed by atoms with Crippen LogP contribution < -0.4 is 0 Å². The lowest BCUT2D eigenvalue weighted by Crippen LogP contribution is -2.11. The first kappa shape index (κ1) is 11.0. The van der Waals surface area contributed by atoms with E-state index in [9.17, 15) is 5.26 Å². The molecule has 2 aromatic rings. The molecule has 3 rings (SSSR count). The van der Waals surface area contributed by atoms with E-state index >= 15 is 0 Å². The number of hydrogen-bond donors (Lipinski definition) is 0. The smallest absolute Gasteiger partial charge is 0.101 e. The van der Waals surface area contributed by atoms with E-state index < -0.39 is 0 Å². The van der Waals surface area contributed by atoms with E-state index in [4.69, 9.17) is 0 Å². The number of nitrogens with zero attached hydrogens (tertiary/aromatic N) is 3. The molecule has 0 spiro atoms. The molecule has 0 amide bonds. The Morgan fingerprint density at radius 3 is 2.94 bits per heavy atom. The lowest BCUT2D eigenvalue weighted by molar-refractivity contribution is 0.535. The summed E-state index contributed by atoms with van der Waals surface area (Å²) in [5.41, 5.74) is 5.23. The minimum atomic E-state index is 0.857. The van der Waals surface area contributed by atoms with Crippen molar-refractivity contribution in [3.05, 3.63) is 41.2 Å². The quantitative estimate of drug-likeness (QED) is 0.764. The van der Waals surface area contributed by atoms with Gasteiger partial charge in [0, 0.05) is 18.4 Å². The summed E-state index contributed by atoms with van der Waals surface area (Å²) < 4.78 is 2.29. The normalized spacial score (nSPS) is 14.0. The summed E-state index contributed by atoms with van der Waals surface area (Å²) in [7, 11) is 0. The molecule has 0 bridgehead atoms. The van der Waals surface area contributed by atoms with Gasteiger partial charge in [-0.3, -0.25) is 4.98 Å². The first-order valence-corrected chi connectivity index (χ1v) is 6.36. The Kier molecular flexibility index (Phi) is 2.64. The van der Waals surface area contributed by atoms with Gasteiger partial charge in [-0.25, -0.2) is 0 Å². The second-order valence-corrected chi connectivity index (χ2v) is 4.73. The van der Waals surface area contributed by atoms with E-state index in [1.807, 2.05) is 31.3 Å². The predicted molar refractivity (Wildman–Crippen MR) is 70.1 cm³/mol. The van der Waals surface area contributed by atoms with Gasteiger partial charge in [-0.1, -0.05) is 6.07 Å². The second kappa shape index (κ2) is 4.30. The van der Waals surface area contributed by atoms with Crippen LogP contribution in [0.2, 0.25) is 0 Å². The molecule has 0 aliphatic carbocycles. The second-order valence-electron chi connectivity index (χ2n) is 4.73. The van der Waals surface area contributed by atoms with Crippen molar-refractivity contribution in [1.29, 1.82) is 5.26 Å². The first-order valence-electron chi connectivity index (χ1n) is 6.36. The van der Waals surface area contributed by atoms with E-state index in [2.05, 4.69) is 15.6 Å². The van der Waals surface area contributed by atoms with Crippen LogP contribution in [-0.2, 0) is 13.0 Å². The molecule has 2 aromatic heterocycles. The minimum Gasteiger partial charge on any atom is -0.342 e. The third kappa shape index (κ3) is 1.53. The molecule has 0 saturated heterocycles. The summed E-state index contributed by atoms with van der Waals surface area (Å²) >= 11 is 0. The molecule has 18 heavy (non-hydrogen) atoms. The zero-order valence-corrected chi connectivity index (χ0v) is 10.5. The average molecular weight is 237 g/mol. The van der Waals surface area contributed by atoms with E-state index in [0.29, 0.717) is 0 Å². The number of nitriles is 1. The van der Waals surface area contributed by atoms with Gasteiger partial charge in [-0.05, 0) is 43.9 Å². The standard InChI is InChI=1S/C15H15N3/c1-11-12(10-16)14-7-3-5-9-18(14)15(11)13-6-2-4-8-17-13/h2,4,6,8H,3,5,7,9H2,1H3. The van der Waals surface area contributed by atoms with Gasteiger partial charge in [0.15, 0.2) is 0 Å². The van der Waals surface area contributed by atoms with Crippen LogP contribution in [0, 0.1) is 18.3 Å². The van der Waals surface area contributed by atoms with Gasteiger partial charge in [-0.15, -0.1) is 0 Å². The highest BCUT2D eigenvalue weighted by atomic mass is 15.0. The topological polar surface area (TPSA) is 41.6 Å². The molecule has 0 aromatic carbocycles. The van der Waals surface area contributed by atoms with Crippen molar-refractivity contribution in [2.24, 2.45) is 0 Å². The minimum absolute atomic E-state index is 0.857. The average Bonchev–Trinajstić information content (AvgIpc) is 2.71. The number of pyridine rings is 1. The molecule has 1 aliphatic heterocycles. The lowest BCUT2D eigenvalue weighted by atomic mass is 10.1. The molecule has 0 unspecified atom stereocenters. The molecule has 3 nitrogen and oxygen atoms in total. The first-order chi connectivity index (χ1) is 8.83. The van der Waals surface area contributed by atoms with Gasteiger partial charge in [0.05, 0.1) is 17.0 Å². The lowest BCUT2D eigenvalue weighted by Gasteiger charge is -2.18. The number of aromatic nitrogens is 2. The van der Waals surface area contributed by atoms with Gasteiger partial charge in [0.1, 0.15) is 6.07 Å². The van der Waals surface area contributed by atoms with Gasteiger partial charge in [-0.2, -0.15) is 5.26 Å². The number of hydrogen-bond acceptors (Lipinski definition) is 2. The largest absolute Gasteiger partial charge is 0.342 e. The van der Waals surface area contributed by atoms with Crippen molar-refractivity contribution in [3.63, 3.8) is 0 Å². The molecule has 0 saturated carbocycles. The van der Waals surface area contributed by atoms with Crippen molar-refractivity contribution < 1.29 is 0 Å². The molecule has 3 heterocycles. The van der Waals surface area contributed by atoms with E-state index in [-0.39, 0.29) is 0 Å². The van der Waals surface area contributed by atoms with Crippen LogP contribution in [0.25, 0.3) is 11.4 Å². The Balaban J connectivity index is 2.27. The molecule has 0 N–H and O–H groups in total. The molecule has 3 heteroatoms. The van der Waals surface area contributed by atoms with Crippen molar-refractivity contribution in [1.82, 2.24) is 9.55 Å². The van der Waals surface area contributed by atoms with Crippen LogP contribution in [-0.4, -0.2) is 9.55 Å². The van der Waals surface area contributed by atoms with E-state index in [0.717, 1.165) is 35.5 Å². The molecule has 0 radical (unpaired) electrons. The number of fused-ring (bicyclic) bond motifs is 1. The fourth-order valence-electron chi connectivity index (χ4n) is 2.86. The zero-order chi connectivity index (χ0) is 12.5.